The van der Waals surface area contributed by atoms with Crippen molar-refractivity contribution in [3.05, 3.63) is 35.4 Å². The Morgan fingerprint density at radius 1 is 1.30 bits per heavy atom. The number of hydrogen-bond donors (Lipinski definition) is 1. The van der Waals surface area contributed by atoms with E-state index in [1.807, 2.05) is 45.0 Å². The first-order chi connectivity index (χ1) is 10.5. The van der Waals surface area contributed by atoms with Gasteiger partial charge in [-0.2, -0.15) is 13.2 Å². The maximum absolute atomic E-state index is 12.1. The van der Waals surface area contributed by atoms with Crippen LogP contribution in [0.25, 0.3) is 0 Å². The number of hydrogen-bond acceptors (Lipinski definition) is 3. The first kappa shape index (κ1) is 19.0. The van der Waals surface area contributed by atoms with E-state index in [0.29, 0.717) is 6.42 Å². The molecule has 23 heavy (non-hydrogen) atoms. The van der Waals surface area contributed by atoms with Crippen molar-refractivity contribution in [1.29, 1.82) is 0 Å². The average Bonchev–Trinajstić information content (AvgIpc) is 2.41. The quantitative estimate of drug-likeness (QED) is 0.524. The normalized spacial score (nSPS) is 13.0. The minimum Gasteiger partial charge on any atom is -0.440 e. The van der Waals surface area contributed by atoms with E-state index in [-0.39, 0.29) is 11.8 Å². The van der Waals surface area contributed by atoms with Crippen LogP contribution in [0.15, 0.2) is 24.3 Å². The molecule has 6 heteroatoms. The number of ether oxygens (including phenoxy) is 1. The molecule has 0 saturated carbocycles. The van der Waals surface area contributed by atoms with Crippen LogP contribution in [0.4, 0.5) is 13.2 Å². The van der Waals surface area contributed by atoms with Crippen molar-refractivity contribution in [2.45, 2.75) is 46.0 Å². The summed E-state index contributed by atoms with van der Waals surface area (Å²) in [4.78, 5) is 10.7. The lowest BCUT2D eigenvalue weighted by Gasteiger charge is -2.14. The number of alkyl halides is 3. The van der Waals surface area contributed by atoms with Gasteiger partial charge in [0.05, 0.1) is 0 Å². The topological polar surface area (TPSA) is 52.3 Å². The molecule has 1 atom stereocenters. The molecule has 1 unspecified atom stereocenters. The van der Waals surface area contributed by atoms with Gasteiger partial charge in [-0.25, -0.2) is 4.79 Å². The Balaban J connectivity index is 2.61. The largest absolute Gasteiger partial charge is 0.490 e. The molecule has 126 valence electrons. The van der Waals surface area contributed by atoms with Crippen molar-refractivity contribution in [2.24, 2.45) is 11.1 Å². The van der Waals surface area contributed by atoms with E-state index in [4.69, 9.17) is 5.73 Å². The van der Waals surface area contributed by atoms with Gasteiger partial charge in [0, 0.05) is 17.4 Å². The first-order valence-electron chi connectivity index (χ1n) is 7.13. The van der Waals surface area contributed by atoms with E-state index in [1.54, 1.807) is 0 Å². The van der Waals surface area contributed by atoms with Crippen LogP contribution in [0.2, 0.25) is 0 Å². The summed E-state index contributed by atoms with van der Waals surface area (Å²) in [5.41, 5.74) is 6.96. The molecule has 0 heterocycles. The minimum atomic E-state index is -5.03. The van der Waals surface area contributed by atoms with E-state index in [2.05, 4.69) is 16.6 Å². The Hall–Kier alpha value is -2.00. The third kappa shape index (κ3) is 7.71. The molecule has 0 aliphatic rings. The highest BCUT2D eigenvalue weighted by Crippen LogP contribution is 2.18. The predicted octanol–water partition coefficient (Wildman–Crippen LogP) is 3.41. The fourth-order valence-electron chi connectivity index (χ4n) is 1.64. The molecule has 0 bridgehead atoms. The number of rotatable bonds is 4. The number of aryl methyl sites for hydroxylation is 1. The highest BCUT2D eigenvalue weighted by atomic mass is 19.4. The molecule has 0 spiro atoms. The van der Waals surface area contributed by atoms with Crippen molar-refractivity contribution < 1.29 is 22.7 Å². The lowest BCUT2D eigenvalue weighted by Crippen LogP contribution is -2.34. The van der Waals surface area contributed by atoms with E-state index in [0.717, 1.165) is 11.1 Å². The zero-order chi connectivity index (χ0) is 17.7. The highest BCUT2D eigenvalue weighted by molar-refractivity contribution is 5.75. The number of halogens is 3. The molecule has 0 amide bonds. The Kier molecular flexibility index (Phi) is 6.22. The second kappa shape index (κ2) is 7.51. The van der Waals surface area contributed by atoms with Crippen LogP contribution in [-0.4, -0.2) is 18.4 Å². The number of carbonyl (C=O) groups is 1. The average molecular weight is 327 g/mol. The van der Waals surface area contributed by atoms with Crippen molar-refractivity contribution in [2.75, 3.05) is 0 Å². The van der Waals surface area contributed by atoms with E-state index >= 15 is 0 Å². The molecule has 0 aliphatic heterocycles. The third-order valence-corrected chi connectivity index (χ3v) is 2.72. The van der Waals surface area contributed by atoms with Crippen LogP contribution < -0.4 is 5.73 Å². The zero-order valence-electron chi connectivity index (χ0n) is 13.3. The monoisotopic (exact) mass is 327 g/mol. The van der Waals surface area contributed by atoms with Gasteiger partial charge in [0.25, 0.3) is 0 Å². The van der Waals surface area contributed by atoms with Crippen LogP contribution in [0.1, 0.15) is 38.3 Å². The Bertz CT molecular complexity index is 607. The van der Waals surface area contributed by atoms with Gasteiger partial charge >= 0.3 is 12.1 Å². The summed E-state index contributed by atoms with van der Waals surface area (Å²) in [7, 11) is 0. The molecule has 2 N–H and O–H groups in total. The molecule has 1 aromatic carbocycles. The fourth-order valence-corrected chi connectivity index (χ4v) is 1.64. The molecule has 3 nitrogen and oxygen atoms in total. The Morgan fingerprint density at radius 2 is 1.96 bits per heavy atom. The van der Waals surface area contributed by atoms with Crippen molar-refractivity contribution in [3.63, 3.8) is 0 Å². The molecule has 0 aliphatic carbocycles. The van der Waals surface area contributed by atoms with Gasteiger partial charge in [0.2, 0.25) is 0 Å². The van der Waals surface area contributed by atoms with Gasteiger partial charge in [0.1, 0.15) is 0 Å². The van der Waals surface area contributed by atoms with Gasteiger partial charge in [-0.1, -0.05) is 24.0 Å². The summed E-state index contributed by atoms with van der Waals surface area (Å²) in [6.45, 7) is 5.99. The van der Waals surface area contributed by atoms with E-state index in [9.17, 15) is 18.0 Å². The number of esters is 1. The maximum atomic E-state index is 12.1. The molecule has 0 saturated heterocycles. The molecule has 1 rings (SSSR count). The summed E-state index contributed by atoms with van der Waals surface area (Å²) in [5.74, 6) is 3.88. The fraction of sp³-hybridized carbons (Fsp3) is 0.471. The number of carbonyl (C=O) groups excluding carboxylic acids is 1. The number of nitrogens with two attached hydrogens (primary N) is 1. The zero-order valence-corrected chi connectivity index (χ0v) is 13.3. The van der Waals surface area contributed by atoms with Gasteiger partial charge in [0.15, 0.2) is 6.23 Å². The maximum Gasteiger partial charge on any atom is 0.490 e. The van der Waals surface area contributed by atoms with Crippen molar-refractivity contribution in [1.82, 2.24) is 0 Å². The molecule has 0 aromatic heterocycles. The summed E-state index contributed by atoms with van der Waals surface area (Å²) in [6.07, 6.45) is -5.84. The molecular weight excluding hydrogens is 307 g/mol. The highest BCUT2D eigenvalue weighted by Gasteiger charge is 2.41. The summed E-state index contributed by atoms with van der Waals surface area (Å²) < 4.78 is 40.3. The lowest BCUT2D eigenvalue weighted by atomic mass is 9.97. The summed E-state index contributed by atoms with van der Waals surface area (Å²) in [6, 6.07) is 7.33. The molecular formula is C17H20F3NO2. The Morgan fingerprint density at radius 3 is 2.52 bits per heavy atom. The Labute approximate surface area is 134 Å². The first-order valence-corrected chi connectivity index (χ1v) is 7.13. The second-order valence-electron chi connectivity index (χ2n) is 6.18. The smallest absolute Gasteiger partial charge is 0.440 e. The van der Waals surface area contributed by atoms with Crippen LogP contribution in [0.3, 0.4) is 0 Å². The van der Waals surface area contributed by atoms with Gasteiger partial charge in [-0.05, 0) is 44.9 Å². The molecule has 0 fully saturated rings. The van der Waals surface area contributed by atoms with Crippen LogP contribution in [0, 0.1) is 17.3 Å². The SMILES string of the molecule is CC(C)(C)C#Cc1cccc(CCC(N)OC(=O)C(F)(F)F)c1. The van der Waals surface area contributed by atoms with Crippen LogP contribution >= 0.6 is 0 Å². The molecule has 0 radical (unpaired) electrons. The third-order valence-electron chi connectivity index (χ3n) is 2.72. The van der Waals surface area contributed by atoms with E-state index in [1.165, 1.54) is 0 Å². The van der Waals surface area contributed by atoms with Crippen LogP contribution in [-0.2, 0) is 16.0 Å². The minimum absolute atomic E-state index is 0.0952. The van der Waals surface area contributed by atoms with Gasteiger partial charge < -0.3 is 4.74 Å². The number of benzene rings is 1. The van der Waals surface area contributed by atoms with E-state index < -0.39 is 18.4 Å². The molecule has 1 aromatic rings. The van der Waals surface area contributed by atoms with Gasteiger partial charge in [-0.15, -0.1) is 0 Å². The second-order valence-corrected chi connectivity index (χ2v) is 6.18. The standard InChI is InChI=1S/C17H20F3NO2/c1-16(2,3)10-9-13-6-4-5-12(11-13)7-8-14(21)23-15(22)17(18,19)20/h4-6,11,14H,7-8,21H2,1-3H3. The summed E-state index contributed by atoms with van der Waals surface area (Å²) in [5, 5.41) is 0. The lowest BCUT2D eigenvalue weighted by molar-refractivity contribution is -0.204. The van der Waals surface area contributed by atoms with Crippen LogP contribution in [0.5, 0.6) is 0 Å². The van der Waals surface area contributed by atoms with Crippen molar-refractivity contribution >= 4 is 5.97 Å². The summed E-state index contributed by atoms with van der Waals surface area (Å²) >= 11 is 0. The van der Waals surface area contributed by atoms with Gasteiger partial charge in [-0.3, -0.25) is 5.73 Å². The van der Waals surface area contributed by atoms with Crippen molar-refractivity contribution in [3.8, 4) is 11.8 Å². The predicted molar refractivity (Wildman–Crippen MR) is 81.2 cm³/mol.